The molecule has 0 amide bonds. The third-order valence-electron chi connectivity index (χ3n) is 8.48. The van der Waals surface area contributed by atoms with Crippen LogP contribution in [0.25, 0.3) is 0 Å². The van der Waals surface area contributed by atoms with E-state index in [1.165, 1.54) is 6.08 Å². The predicted molar refractivity (Wildman–Crippen MR) is 113 cm³/mol. The fourth-order valence-electron chi connectivity index (χ4n) is 7.30. The molecule has 31 heavy (non-hydrogen) atoms. The molecule has 4 aliphatic rings. The Balaban J connectivity index is 0.00000272. The van der Waals surface area contributed by atoms with Gasteiger partial charge in [-0.15, -0.1) is 0 Å². The second kappa shape index (κ2) is 8.26. The number of fused-ring (bicyclic) bond motifs is 5. The van der Waals surface area contributed by atoms with Crippen LogP contribution in [0.2, 0.25) is 0 Å². The van der Waals surface area contributed by atoms with Crippen LogP contribution in [0.4, 0.5) is 0 Å². The molecule has 168 valence electrons. The monoisotopic (exact) mass is 464 g/mol. The summed E-state index contributed by atoms with van der Waals surface area (Å²) in [6.45, 7) is 2.89. The summed E-state index contributed by atoms with van der Waals surface area (Å²) < 4.78 is 17.0. The van der Waals surface area contributed by atoms with Crippen molar-refractivity contribution >= 4 is 48.9 Å². The first-order valence-electron chi connectivity index (χ1n) is 10.4. The fourth-order valence-corrected chi connectivity index (χ4v) is 8.11. The number of hydrogen-bond acceptors (Lipinski definition) is 6. The maximum absolute atomic E-state index is 12.8. The minimum atomic E-state index is -5.02. The zero-order valence-corrected chi connectivity index (χ0v) is 18.0. The Morgan fingerprint density at radius 3 is 2.58 bits per heavy atom. The Morgan fingerprint density at radius 2 is 1.97 bits per heavy atom. The molecule has 0 heterocycles. The molecule has 8 nitrogen and oxygen atoms in total. The molecule has 4 aliphatic carbocycles. The first kappa shape index (κ1) is 25.5. The first-order chi connectivity index (χ1) is 13.9. The molecule has 3 saturated carbocycles. The van der Waals surface area contributed by atoms with Crippen LogP contribution in [-0.4, -0.2) is 79.4 Å². The van der Waals surface area contributed by atoms with E-state index in [0.717, 1.165) is 5.57 Å². The Bertz CT molecular complexity index is 896. The molecule has 7 atom stereocenters. The van der Waals surface area contributed by atoms with Gasteiger partial charge in [-0.2, -0.15) is 0 Å². The summed E-state index contributed by atoms with van der Waals surface area (Å²) >= 11 is 0. The number of Topliss-reactive ketones (excluding diaryl/α,β-unsaturated/α-hetero) is 1. The van der Waals surface area contributed by atoms with Crippen LogP contribution in [0.15, 0.2) is 23.8 Å². The number of carbonyl (C=O) groups excluding carboxylic acids is 2. The Hall–Kier alpha value is -0.150. The third-order valence-corrected chi connectivity index (χ3v) is 9.03. The number of ketones is 2. The second-order valence-corrected chi connectivity index (χ2v) is 10.9. The van der Waals surface area contributed by atoms with Crippen molar-refractivity contribution in [2.45, 2.75) is 57.7 Å². The summed E-state index contributed by atoms with van der Waals surface area (Å²) in [6.07, 6.45) is 6.33. The van der Waals surface area contributed by atoms with E-state index in [-0.39, 0.29) is 65.9 Å². The van der Waals surface area contributed by atoms with Crippen LogP contribution in [0.5, 0.6) is 0 Å². The minimum absolute atomic E-state index is 0. The average Bonchev–Trinajstić information content (AvgIpc) is 2.92. The summed E-state index contributed by atoms with van der Waals surface area (Å²) in [5.74, 6) is -1.10. The van der Waals surface area contributed by atoms with Crippen molar-refractivity contribution in [2.75, 3.05) is 6.61 Å². The quantitative estimate of drug-likeness (QED) is 0.357. The van der Waals surface area contributed by atoms with Crippen molar-refractivity contribution < 1.29 is 38.7 Å². The molecule has 3 fully saturated rings. The zero-order chi connectivity index (χ0) is 22.1. The van der Waals surface area contributed by atoms with Gasteiger partial charge in [-0.3, -0.25) is 14.1 Å². The van der Waals surface area contributed by atoms with Gasteiger partial charge in [-0.05, 0) is 56.1 Å². The van der Waals surface area contributed by atoms with E-state index in [4.69, 9.17) is 4.52 Å². The number of phosphoric acid groups is 1. The normalized spacial score (nSPS) is 43.9. The van der Waals surface area contributed by atoms with Crippen molar-refractivity contribution in [3.63, 3.8) is 0 Å². The molecule has 0 aliphatic heterocycles. The van der Waals surface area contributed by atoms with Crippen LogP contribution in [-0.2, 0) is 18.7 Å². The Kier molecular flexibility index (Phi) is 6.79. The number of aliphatic hydroxyl groups excluding tert-OH is 2. The summed E-state index contributed by atoms with van der Waals surface area (Å²) in [4.78, 5) is 43.8. The van der Waals surface area contributed by atoms with E-state index >= 15 is 0 Å². The van der Waals surface area contributed by atoms with Gasteiger partial charge in [-0.1, -0.05) is 25.5 Å². The van der Waals surface area contributed by atoms with Crippen molar-refractivity contribution in [2.24, 2.45) is 28.6 Å². The molecule has 0 saturated heterocycles. The summed E-state index contributed by atoms with van der Waals surface area (Å²) in [7, 11) is -5.02. The SMILES string of the molecule is C[C@]12C=CC(=O)C=C1CC[C@@H]1[C@@H]2[C@@H](O)C[C@@]2(C)[C@H]1CC[C@]2(OP(=O)(O)O)C(=O)CO.[NaH]. The van der Waals surface area contributed by atoms with Gasteiger partial charge in [0.05, 0.1) is 6.10 Å². The maximum atomic E-state index is 12.8. The number of hydrogen-bond donors (Lipinski definition) is 4. The molecule has 0 unspecified atom stereocenters. The van der Waals surface area contributed by atoms with Gasteiger partial charge in [0.15, 0.2) is 11.6 Å². The number of rotatable bonds is 4. The molecule has 0 aromatic heterocycles. The van der Waals surface area contributed by atoms with Gasteiger partial charge < -0.3 is 20.0 Å². The van der Waals surface area contributed by atoms with Gasteiger partial charge in [0.1, 0.15) is 12.2 Å². The van der Waals surface area contributed by atoms with Crippen LogP contribution in [0.1, 0.15) is 46.0 Å². The number of phosphoric ester groups is 1. The van der Waals surface area contributed by atoms with Crippen molar-refractivity contribution in [3.8, 4) is 0 Å². The van der Waals surface area contributed by atoms with Gasteiger partial charge >= 0.3 is 37.4 Å². The van der Waals surface area contributed by atoms with E-state index < -0.39 is 42.7 Å². The van der Waals surface area contributed by atoms with Gasteiger partial charge in [0.25, 0.3) is 0 Å². The number of aliphatic hydroxyl groups is 2. The summed E-state index contributed by atoms with van der Waals surface area (Å²) in [5.41, 5.74) is -2.35. The molecule has 4 N–H and O–H groups in total. The summed E-state index contributed by atoms with van der Waals surface area (Å²) in [6, 6.07) is 0. The molecule has 0 spiro atoms. The molecule has 0 radical (unpaired) electrons. The third kappa shape index (κ3) is 3.72. The fraction of sp³-hybridized carbons (Fsp3) is 0.714. The van der Waals surface area contributed by atoms with Crippen LogP contribution >= 0.6 is 7.82 Å². The number of carbonyl (C=O) groups is 2. The Labute approximate surface area is 203 Å². The van der Waals surface area contributed by atoms with Crippen LogP contribution in [0.3, 0.4) is 0 Å². The first-order valence-corrected chi connectivity index (χ1v) is 11.9. The van der Waals surface area contributed by atoms with E-state index in [1.807, 2.05) is 13.0 Å². The molecular formula is C21H30NaO8P. The standard InChI is InChI=1S/C21H29O8P.Na.H/c1-19-7-5-13(23)9-12(19)3-4-14-15-6-8-21(17(25)11-22,29-30(26,27)28)20(15,2)10-16(24)18(14)19;;/h5,7,9,14-16,18,22,24H,3-4,6,8,10-11H2,1-2H3,(H2,26,27,28);;/t14-,15-,16-,18+,19-,20-,21-;;/m0../s1. The molecular weight excluding hydrogens is 434 g/mol. The van der Waals surface area contributed by atoms with Gasteiger partial charge in [-0.25, -0.2) is 4.57 Å². The number of allylic oxidation sites excluding steroid dienone is 4. The van der Waals surface area contributed by atoms with Crippen LogP contribution < -0.4 is 0 Å². The van der Waals surface area contributed by atoms with Crippen molar-refractivity contribution in [3.05, 3.63) is 23.8 Å². The van der Waals surface area contributed by atoms with Gasteiger partial charge in [0.2, 0.25) is 0 Å². The van der Waals surface area contributed by atoms with Gasteiger partial charge in [0, 0.05) is 16.7 Å². The van der Waals surface area contributed by atoms with E-state index in [1.54, 1.807) is 13.0 Å². The van der Waals surface area contributed by atoms with E-state index in [9.17, 15) is 34.2 Å². The molecule has 0 aromatic carbocycles. The van der Waals surface area contributed by atoms with E-state index in [2.05, 4.69) is 0 Å². The zero-order valence-electron chi connectivity index (χ0n) is 17.2. The summed E-state index contributed by atoms with van der Waals surface area (Å²) in [5, 5.41) is 20.9. The molecule has 0 aromatic rings. The predicted octanol–water partition coefficient (Wildman–Crippen LogP) is 1.03. The molecule has 4 rings (SSSR count). The van der Waals surface area contributed by atoms with E-state index in [0.29, 0.717) is 19.3 Å². The average molecular weight is 464 g/mol. The van der Waals surface area contributed by atoms with Crippen LogP contribution in [0, 0.1) is 28.6 Å². The molecule has 0 bridgehead atoms. The second-order valence-electron chi connectivity index (χ2n) is 9.74. The topological polar surface area (TPSA) is 141 Å². The van der Waals surface area contributed by atoms with Crippen molar-refractivity contribution in [1.82, 2.24) is 0 Å². The van der Waals surface area contributed by atoms with Crippen molar-refractivity contribution in [1.29, 1.82) is 0 Å². The Morgan fingerprint density at radius 1 is 1.29 bits per heavy atom. The molecule has 10 heteroatoms.